The second-order valence-electron chi connectivity index (χ2n) is 6.66. The van der Waals surface area contributed by atoms with Crippen molar-refractivity contribution in [3.8, 4) is 0 Å². The molecule has 20 heavy (non-hydrogen) atoms. The van der Waals surface area contributed by atoms with Crippen molar-refractivity contribution >= 4 is 18.3 Å². The first-order chi connectivity index (χ1) is 9.10. The van der Waals surface area contributed by atoms with Gasteiger partial charge in [-0.3, -0.25) is 4.79 Å². The van der Waals surface area contributed by atoms with Crippen molar-refractivity contribution in [2.24, 2.45) is 10.8 Å². The summed E-state index contributed by atoms with van der Waals surface area (Å²) in [7, 11) is 1.69. The van der Waals surface area contributed by atoms with E-state index in [9.17, 15) is 4.79 Å². The Morgan fingerprint density at radius 2 is 1.80 bits per heavy atom. The number of piperidine rings is 1. The normalized spacial score (nSPS) is 23.9. The summed E-state index contributed by atoms with van der Waals surface area (Å²) in [5.74, 6) is 0.198. The predicted octanol–water partition coefficient (Wildman–Crippen LogP) is 2.12. The smallest absolute Gasteiger partial charge is 0.228 e. The molecule has 2 rings (SSSR count). The van der Waals surface area contributed by atoms with Gasteiger partial charge in [0, 0.05) is 13.7 Å². The van der Waals surface area contributed by atoms with E-state index in [-0.39, 0.29) is 23.7 Å². The van der Waals surface area contributed by atoms with E-state index in [1.54, 1.807) is 7.11 Å². The summed E-state index contributed by atoms with van der Waals surface area (Å²) >= 11 is 0. The molecule has 0 aromatic rings. The van der Waals surface area contributed by atoms with Gasteiger partial charge in [0.2, 0.25) is 5.91 Å². The molecule has 2 fully saturated rings. The number of hydrogen-bond donors (Lipinski definition) is 2. The third-order valence-corrected chi connectivity index (χ3v) is 4.95. The van der Waals surface area contributed by atoms with Gasteiger partial charge >= 0.3 is 0 Å². The second kappa shape index (κ2) is 7.62. The third-order valence-electron chi connectivity index (χ3n) is 4.95. The first kappa shape index (κ1) is 17.7. The van der Waals surface area contributed by atoms with Gasteiger partial charge < -0.3 is 15.4 Å². The minimum absolute atomic E-state index is 0. The van der Waals surface area contributed by atoms with E-state index < -0.39 is 0 Å². The summed E-state index contributed by atoms with van der Waals surface area (Å²) in [6.07, 6.45) is 6.85. The van der Waals surface area contributed by atoms with E-state index in [0.717, 1.165) is 32.5 Å². The van der Waals surface area contributed by atoms with Crippen LogP contribution in [0, 0.1) is 10.8 Å². The standard InChI is InChI=1S/C15H28N2O2.ClH/c1-14(5-3-4-6-14)11-17-13(18)15(12-19-2)7-9-16-10-8-15;/h16H,3-12H2,1-2H3,(H,17,18);1H. The van der Waals surface area contributed by atoms with Crippen molar-refractivity contribution in [3.63, 3.8) is 0 Å². The van der Waals surface area contributed by atoms with Crippen LogP contribution in [0.2, 0.25) is 0 Å². The minimum atomic E-state index is -0.311. The molecule has 5 heteroatoms. The van der Waals surface area contributed by atoms with E-state index in [1.807, 2.05) is 0 Å². The molecular weight excluding hydrogens is 276 g/mol. The van der Waals surface area contributed by atoms with Crippen molar-refractivity contribution in [3.05, 3.63) is 0 Å². The topological polar surface area (TPSA) is 50.4 Å². The highest BCUT2D eigenvalue weighted by Crippen LogP contribution is 2.37. The molecule has 0 atom stereocenters. The van der Waals surface area contributed by atoms with Gasteiger partial charge in [0.05, 0.1) is 12.0 Å². The highest BCUT2D eigenvalue weighted by atomic mass is 35.5. The van der Waals surface area contributed by atoms with Crippen LogP contribution in [0.5, 0.6) is 0 Å². The van der Waals surface area contributed by atoms with Crippen molar-refractivity contribution in [2.75, 3.05) is 33.4 Å². The fraction of sp³-hybridized carbons (Fsp3) is 0.933. The van der Waals surface area contributed by atoms with Crippen molar-refractivity contribution in [1.82, 2.24) is 10.6 Å². The molecule has 1 aliphatic heterocycles. The van der Waals surface area contributed by atoms with Crippen LogP contribution < -0.4 is 10.6 Å². The summed E-state index contributed by atoms with van der Waals surface area (Å²) < 4.78 is 5.31. The summed E-state index contributed by atoms with van der Waals surface area (Å²) in [5, 5.41) is 6.54. The SMILES string of the molecule is COCC1(C(=O)NCC2(C)CCCC2)CCNCC1.Cl. The molecule has 0 unspecified atom stereocenters. The molecule has 1 aliphatic carbocycles. The Kier molecular flexibility index (Phi) is 6.76. The average Bonchev–Trinajstić information content (AvgIpc) is 2.85. The van der Waals surface area contributed by atoms with Crippen LogP contribution in [0.25, 0.3) is 0 Å². The predicted molar refractivity (Wildman–Crippen MR) is 83.2 cm³/mol. The first-order valence-corrected chi connectivity index (χ1v) is 7.58. The zero-order chi connectivity index (χ0) is 13.8. The summed E-state index contributed by atoms with van der Waals surface area (Å²) in [6.45, 7) is 5.48. The lowest BCUT2D eigenvalue weighted by Crippen LogP contribution is -2.51. The fourth-order valence-electron chi connectivity index (χ4n) is 3.51. The molecule has 118 valence electrons. The van der Waals surface area contributed by atoms with Crippen LogP contribution in [0.3, 0.4) is 0 Å². The molecule has 1 amide bonds. The number of hydrogen-bond acceptors (Lipinski definition) is 3. The van der Waals surface area contributed by atoms with E-state index in [2.05, 4.69) is 17.6 Å². The van der Waals surface area contributed by atoms with E-state index in [4.69, 9.17) is 4.74 Å². The van der Waals surface area contributed by atoms with Crippen molar-refractivity contribution < 1.29 is 9.53 Å². The minimum Gasteiger partial charge on any atom is -0.384 e. The molecule has 0 radical (unpaired) electrons. The second-order valence-corrected chi connectivity index (χ2v) is 6.66. The van der Waals surface area contributed by atoms with Gasteiger partial charge in [-0.15, -0.1) is 12.4 Å². The number of rotatable bonds is 5. The fourth-order valence-corrected chi connectivity index (χ4v) is 3.51. The van der Waals surface area contributed by atoms with Gasteiger partial charge in [0.15, 0.2) is 0 Å². The maximum atomic E-state index is 12.6. The quantitative estimate of drug-likeness (QED) is 0.818. The van der Waals surface area contributed by atoms with E-state index in [1.165, 1.54) is 25.7 Å². The lowest BCUT2D eigenvalue weighted by Gasteiger charge is -2.36. The number of methoxy groups -OCH3 is 1. The highest BCUT2D eigenvalue weighted by molar-refractivity contribution is 5.85. The maximum absolute atomic E-state index is 12.6. The number of nitrogens with one attached hydrogen (secondary N) is 2. The molecule has 0 spiro atoms. The van der Waals surface area contributed by atoms with Crippen LogP contribution in [-0.4, -0.2) is 39.3 Å². The number of halogens is 1. The largest absolute Gasteiger partial charge is 0.384 e. The Morgan fingerprint density at radius 1 is 1.20 bits per heavy atom. The number of carbonyl (C=O) groups is 1. The summed E-state index contributed by atoms with van der Waals surface area (Å²) in [4.78, 5) is 12.6. The third kappa shape index (κ3) is 4.09. The number of carbonyl (C=O) groups excluding carboxylic acids is 1. The molecule has 1 saturated heterocycles. The Hall–Kier alpha value is -0.320. The van der Waals surface area contributed by atoms with Crippen LogP contribution in [-0.2, 0) is 9.53 Å². The Labute approximate surface area is 128 Å². The van der Waals surface area contributed by atoms with Crippen LogP contribution in [0.15, 0.2) is 0 Å². The maximum Gasteiger partial charge on any atom is 0.228 e. The van der Waals surface area contributed by atoms with Gasteiger partial charge in [0.1, 0.15) is 0 Å². The van der Waals surface area contributed by atoms with Gasteiger partial charge in [-0.2, -0.15) is 0 Å². The molecule has 0 aromatic carbocycles. The average molecular weight is 305 g/mol. The molecule has 1 saturated carbocycles. The van der Waals surface area contributed by atoms with Gasteiger partial charge in [-0.25, -0.2) is 0 Å². The molecular formula is C15H29ClN2O2. The van der Waals surface area contributed by atoms with Crippen molar-refractivity contribution in [2.45, 2.75) is 45.4 Å². The Bertz CT molecular complexity index is 305. The Morgan fingerprint density at radius 3 is 2.35 bits per heavy atom. The van der Waals surface area contributed by atoms with Gasteiger partial charge in [-0.05, 0) is 44.2 Å². The van der Waals surface area contributed by atoms with Gasteiger partial charge in [-0.1, -0.05) is 19.8 Å². The van der Waals surface area contributed by atoms with E-state index in [0.29, 0.717) is 12.0 Å². The summed E-state index contributed by atoms with van der Waals surface area (Å²) in [6, 6.07) is 0. The first-order valence-electron chi connectivity index (χ1n) is 7.58. The molecule has 2 N–H and O–H groups in total. The van der Waals surface area contributed by atoms with Crippen LogP contribution in [0.1, 0.15) is 45.4 Å². The Balaban J connectivity index is 0.00000200. The molecule has 0 bridgehead atoms. The highest BCUT2D eigenvalue weighted by Gasteiger charge is 2.40. The zero-order valence-corrected chi connectivity index (χ0v) is 13.6. The number of amides is 1. The van der Waals surface area contributed by atoms with Crippen LogP contribution in [0.4, 0.5) is 0 Å². The molecule has 2 aliphatic rings. The molecule has 0 aromatic heterocycles. The van der Waals surface area contributed by atoms with E-state index >= 15 is 0 Å². The summed E-state index contributed by atoms with van der Waals surface area (Å²) in [5.41, 5.74) is 0.00576. The monoisotopic (exact) mass is 304 g/mol. The lowest BCUT2D eigenvalue weighted by molar-refractivity contribution is -0.136. The number of ether oxygens (including phenoxy) is 1. The molecule has 1 heterocycles. The zero-order valence-electron chi connectivity index (χ0n) is 12.8. The van der Waals surface area contributed by atoms with Gasteiger partial charge in [0.25, 0.3) is 0 Å². The lowest BCUT2D eigenvalue weighted by atomic mass is 9.78. The molecule has 4 nitrogen and oxygen atoms in total. The van der Waals surface area contributed by atoms with Crippen LogP contribution >= 0.6 is 12.4 Å². The van der Waals surface area contributed by atoms with Crippen molar-refractivity contribution in [1.29, 1.82) is 0 Å².